The maximum atomic E-state index is 4.35. The summed E-state index contributed by atoms with van der Waals surface area (Å²) in [5, 5.41) is 4.37. The van der Waals surface area contributed by atoms with E-state index < -0.39 is 0 Å². The fourth-order valence-electron chi connectivity index (χ4n) is 1.11. The van der Waals surface area contributed by atoms with E-state index in [-0.39, 0.29) is 0 Å². The van der Waals surface area contributed by atoms with E-state index >= 15 is 0 Å². The molecule has 0 fully saturated rings. The molecule has 16 heavy (non-hydrogen) atoms. The zero-order valence-corrected chi connectivity index (χ0v) is 12.0. The minimum atomic E-state index is 1.01. The van der Waals surface area contributed by atoms with Crippen molar-refractivity contribution in [3.63, 3.8) is 0 Å². The highest BCUT2D eigenvalue weighted by Gasteiger charge is 2.01. The first-order valence-electron chi connectivity index (χ1n) is 5.63. The minimum absolute atomic E-state index is 1.01. The Morgan fingerprint density at radius 3 is 3.00 bits per heavy atom. The van der Waals surface area contributed by atoms with Crippen LogP contribution in [0.15, 0.2) is 6.20 Å². The molecule has 0 saturated heterocycles. The van der Waals surface area contributed by atoms with Crippen molar-refractivity contribution in [2.75, 3.05) is 38.3 Å². The molecule has 0 aliphatic heterocycles. The fraction of sp³-hybridized carbons (Fsp3) is 0.727. The lowest BCUT2D eigenvalue weighted by Gasteiger charge is -2.07. The van der Waals surface area contributed by atoms with Gasteiger partial charge in [0.25, 0.3) is 0 Å². The quantitative estimate of drug-likeness (QED) is 0.727. The van der Waals surface area contributed by atoms with E-state index in [1.54, 1.807) is 11.3 Å². The molecule has 1 aromatic heterocycles. The Bertz CT molecular complexity index is 287. The van der Waals surface area contributed by atoms with E-state index in [0.717, 1.165) is 30.4 Å². The fourth-order valence-corrected chi connectivity index (χ4v) is 3.14. The van der Waals surface area contributed by atoms with Crippen molar-refractivity contribution in [2.45, 2.75) is 19.1 Å². The van der Waals surface area contributed by atoms with Crippen molar-refractivity contribution in [3.8, 4) is 0 Å². The van der Waals surface area contributed by atoms with Crippen LogP contribution in [0, 0.1) is 0 Å². The number of rotatable bonds is 8. The molecule has 0 atom stereocenters. The lowest BCUT2D eigenvalue weighted by Crippen LogP contribution is -2.14. The van der Waals surface area contributed by atoms with Crippen LogP contribution < -0.4 is 5.32 Å². The standard InChI is InChI=1S/C11H21N3S2/c1-4-5-12-11-13-8-10(16-11)9-15-7-6-14(2)3/h8H,4-7,9H2,1-3H3,(H,12,13). The number of thiazole rings is 1. The van der Waals surface area contributed by atoms with Gasteiger partial charge in [-0.3, -0.25) is 0 Å². The van der Waals surface area contributed by atoms with Gasteiger partial charge in [0.1, 0.15) is 0 Å². The molecule has 0 radical (unpaired) electrons. The van der Waals surface area contributed by atoms with Crippen molar-refractivity contribution in [2.24, 2.45) is 0 Å². The number of hydrogen-bond donors (Lipinski definition) is 1. The number of nitrogens with one attached hydrogen (secondary N) is 1. The van der Waals surface area contributed by atoms with Crippen molar-refractivity contribution in [1.29, 1.82) is 0 Å². The lowest BCUT2D eigenvalue weighted by molar-refractivity contribution is 0.437. The Labute approximate surface area is 107 Å². The maximum Gasteiger partial charge on any atom is 0.182 e. The average Bonchev–Trinajstić information content (AvgIpc) is 2.69. The van der Waals surface area contributed by atoms with Crippen LogP contribution >= 0.6 is 23.1 Å². The second-order valence-electron chi connectivity index (χ2n) is 3.91. The summed E-state index contributed by atoms with van der Waals surface area (Å²) in [6.07, 6.45) is 3.14. The summed E-state index contributed by atoms with van der Waals surface area (Å²) < 4.78 is 0. The van der Waals surface area contributed by atoms with Crippen LogP contribution in [-0.2, 0) is 5.75 Å². The lowest BCUT2D eigenvalue weighted by atomic mass is 10.5. The average molecular weight is 259 g/mol. The molecule has 0 amide bonds. The van der Waals surface area contributed by atoms with Crippen molar-refractivity contribution in [1.82, 2.24) is 9.88 Å². The molecule has 0 bridgehead atoms. The molecule has 0 spiro atoms. The van der Waals surface area contributed by atoms with Crippen LogP contribution in [0.25, 0.3) is 0 Å². The van der Waals surface area contributed by atoms with E-state index in [1.165, 1.54) is 10.6 Å². The van der Waals surface area contributed by atoms with Gasteiger partial charge < -0.3 is 10.2 Å². The molecule has 1 N–H and O–H groups in total. The Hall–Kier alpha value is -0.260. The molecular weight excluding hydrogens is 238 g/mol. The summed E-state index contributed by atoms with van der Waals surface area (Å²) in [5.74, 6) is 2.27. The van der Waals surface area contributed by atoms with Crippen LogP contribution in [0.1, 0.15) is 18.2 Å². The van der Waals surface area contributed by atoms with Gasteiger partial charge in [-0.05, 0) is 20.5 Å². The smallest absolute Gasteiger partial charge is 0.182 e. The third-order valence-corrected chi connectivity index (χ3v) is 4.13. The van der Waals surface area contributed by atoms with Crippen LogP contribution in [-0.4, -0.2) is 42.8 Å². The Morgan fingerprint density at radius 2 is 2.31 bits per heavy atom. The Morgan fingerprint density at radius 1 is 1.50 bits per heavy atom. The number of anilines is 1. The summed E-state index contributed by atoms with van der Waals surface area (Å²) in [7, 11) is 4.22. The molecule has 0 aliphatic carbocycles. The highest BCUT2D eigenvalue weighted by atomic mass is 32.2. The zero-order chi connectivity index (χ0) is 11.8. The van der Waals surface area contributed by atoms with Crippen LogP contribution in [0.5, 0.6) is 0 Å². The van der Waals surface area contributed by atoms with Gasteiger partial charge in [0.2, 0.25) is 0 Å². The Balaban J connectivity index is 2.19. The van der Waals surface area contributed by atoms with E-state index in [4.69, 9.17) is 0 Å². The van der Waals surface area contributed by atoms with Crippen molar-refractivity contribution < 1.29 is 0 Å². The third-order valence-electron chi connectivity index (χ3n) is 2.01. The predicted molar refractivity (Wildman–Crippen MR) is 75.6 cm³/mol. The van der Waals surface area contributed by atoms with Crippen LogP contribution in [0.3, 0.4) is 0 Å². The molecule has 1 rings (SSSR count). The summed E-state index contributed by atoms with van der Waals surface area (Å²) in [4.78, 5) is 7.93. The Kier molecular flexibility index (Phi) is 6.84. The molecule has 0 saturated carbocycles. The van der Waals surface area contributed by atoms with E-state index in [2.05, 4.69) is 36.2 Å². The molecule has 0 aliphatic rings. The van der Waals surface area contributed by atoms with Gasteiger partial charge in [0.15, 0.2) is 5.13 Å². The zero-order valence-electron chi connectivity index (χ0n) is 10.3. The van der Waals surface area contributed by atoms with E-state index in [1.807, 2.05) is 18.0 Å². The topological polar surface area (TPSA) is 28.2 Å². The molecule has 0 unspecified atom stereocenters. The molecular formula is C11H21N3S2. The minimum Gasteiger partial charge on any atom is -0.362 e. The molecule has 1 aromatic rings. The van der Waals surface area contributed by atoms with Gasteiger partial charge >= 0.3 is 0 Å². The van der Waals surface area contributed by atoms with Gasteiger partial charge in [0, 0.05) is 35.7 Å². The second kappa shape index (κ2) is 7.92. The van der Waals surface area contributed by atoms with Gasteiger partial charge in [-0.1, -0.05) is 6.92 Å². The first kappa shape index (κ1) is 13.8. The van der Waals surface area contributed by atoms with Gasteiger partial charge in [0.05, 0.1) is 0 Å². The number of hydrogen-bond acceptors (Lipinski definition) is 5. The summed E-state index contributed by atoms with van der Waals surface area (Å²) in [5.41, 5.74) is 0. The summed E-state index contributed by atoms with van der Waals surface area (Å²) in [6.45, 7) is 4.32. The van der Waals surface area contributed by atoms with Crippen LogP contribution in [0.4, 0.5) is 5.13 Å². The number of thioether (sulfide) groups is 1. The molecule has 5 heteroatoms. The first-order chi connectivity index (χ1) is 7.72. The SMILES string of the molecule is CCCNc1ncc(CSCCN(C)C)s1. The monoisotopic (exact) mass is 259 g/mol. The molecule has 1 heterocycles. The van der Waals surface area contributed by atoms with Crippen molar-refractivity contribution in [3.05, 3.63) is 11.1 Å². The van der Waals surface area contributed by atoms with E-state index in [9.17, 15) is 0 Å². The highest BCUT2D eigenvalue weighted by molar-refractivity contribution is 7.98. The summed E-state index contributed by atoms with van der Waals surface area (Å²) in [6, 6.07) is 0. The van der Waals surface area contributed by atoms with Crippen LogP contribution in [0.2, 0.25) is 0 Å². The van der Waals surface area contributed by atoms with Gasteiger partial charge in [-0.2, -0.15) is 11.8 Å². The molecule has 0 aromatic carbocycles. The van der Waals surface area contributed by atoms with Gasteiger partial charge in [-0.25, -0.2) is 4.98 Å². The second-order valence-corrected chi connectivity index (χ2v) is 6.13. The molecule has 3 nitrogen and oxygen atoms in total. The highest BCUT2D eigenvalue weighted by Crippen LogP contribution is 2.22. The van der Waals surface area contributed by atoms with E-state index in [0.29, 0.717) is 0 Å². The van der Waals surface area contributed by atoms with Crippen molar-refractivity contribution >= 4 is 28.2 Å². The number of aromatic nitrogens is 1. The third kappa shape index (κ3) is 5.72. The molecule has 92 valence electrons. The van der Waals surface area contributed by atoms with Gasteiger partial charge in [-0.15, -0.1) is 11.3 Å². The first-order valence-corrected chi connectivity index (χ1v) is 7.60. The normalized spacial score (nSPS) is 11.0. The predicted octanol–water partition coefficient (Wildman–Crippen LogP) is 2.76. The maximum absolute atomic E-state index is 4.35. The largest absolute Gasteiger partial charge is 0.362 e. The summed E-state index contributed by atoms with van der Waals surface area (Å²) >= 11 is 3.75. The number of nitrogens with zero attached hydrogens (tertiary/aromatic N) is 2.